The molecule has 0 saturated heterocycles. The zero-order valence-corrected chi connectivity index (χ0v) is 11.1. The van der Waals surface area contributed by atoms with E-state index in [2.05, 4.69) is 4.57 Å². The molecule has 2 aromatic carbocycles. The average molecular weight is 274 g/mol. The molecule has 0 bridgehead atoms. The lowest BCUT2D eigenvalue weighted by atomic mass is 10.1. The van der Waals surface area contributed by atoms with Crippen molar-refractivity contribution in [2.75, 3.05) is 0 Å². The summed E-state index contributed by atoms with van der Waals surface area (Å²) in [7, 11) is 0. The standard InChI is InChI=1S/C15H12ClNO2/c1-2-17-13-6-4-3-5-10(13)11-7-9(15(18)19)8-12(16)14(11)17/h3-8H,2H2,1H3,(H,18,19). The van der Waals surface area contributed by atoms with Crippen LogP contribution in [0.4, 0.5) is 0 Å². The third-order valence-electron chi connectivity index (χ3n) is 3.38. The lowest BCUT2D eigenvalue weighted by Crippen LogP contribution is -1.97. The van der Waals surface area contributed by atoms with Crippen molar-refractivity contribution in [3.63, 3.8) is 0 Å². The third-order valence-corrected chi connectivity index (χ3v) is 3.67. The summed E-state index contributed by atoms with van der Waals surface area (Å²) in [6.07, 6.45) is 0. The Labute approximate surface area is 115 Å². The van der Waals surface area contributed by atoms with Gasteiger partial charge in [0.25, 0.3) is 0 Å². The largest absolute Gasteiger partial charge is 0.478 e. The first-order valence-electron chi connectivity index (χ1n) is 6.07. The van der Waals surface area contributed by atoms with Crippen LogP contribution in [0.15, 0.2) is 36.4 Å². The van der Waals surface area contributed by atoms with Gasteiger partial charge in [-0.3, -0.25) is 0 Å². The maximum absolute atomic E-state index is 11.1. The van der Waals surface area contributed by atoms with E-state index < -0.39 is 5.97 Å². The number of carboxylic acid groups (broad SMARTS) is 1. The van der Waals surface area contributed by atoms with Crippen molar-refractivity contribution in [3.8, 4) is 0 Å². The van der Waals surface area contributed by atoms with E-state index >= 15 is 0 Å². The predicted molar refractivity (Wildman–Crippen MR) is 77.1 cm³/mol. The van der Waals surface area contributed by atoms with E-state index in [-0.39, 0.29) is 5.56 Å². The Morgan fingerprint density at radius 1 is 1.26 bits per heavy atom. The van der Waals surface area contributed by atoms with Gasteiger partial charge in [0.1, 0.15) is 0 Å². The average Bonchev–Trinajstić information content (AvgIpc) is 2.73. The molecular weight excluding hydrogens is 262 g/mol. The molecule has 96 valence electrons. The lowest BCUT2D eigenvalue weighted by molar-refractivity contribution is 0.0697. The normalized spacial score (nSPS) is 11.3. The van der Waals surface area contributed by atoms with Crippen LogP contribution in [0.5, 0.6) is 0 Å². The summed E-state index contributed by atoms with van der Waals surface area (Å²) >= 11 is 6.28. The van der Waals surface area contributed by atoms with Crippen LogP contribution in [-0.2, 0) is 6.54 Å². The van der Waals surface area contributed by atoms with Crippen LogP contribution in [0.1, 0.15) is 17.3 Å². The smallest absolute Gasteiger partial charge is 0.335 e. The SMILES string of the molecule is CCn1c2ccccc2c2cc(C(=O)O)cc(Cl)c21. The van der Waals surface area contributed by atoms with Gasteiger partial charge in [-0.15, -0.1) is 0 Å². The summed E-state index contributed by atoms with van der Waals surface area (Å²) in [6, 6.07) is 11.1. The molecule has 0 radical (unpaired) electrons. The molecule has 3 rings (SSSR count). The minimum atomic E-state index is -0.961. The molecule has 0 fully saturated rings. The molecule has 0 aliphatic carbocycles. The molecule has 0 aliphatic rings. The Bertz CT molecular complexity index is 805. The van der Waals surface area contributed by atoms with Gasteiger partial charge in [-0.05, 0) is 25.1 Å². The number of para-hydroxylation sites is 1. The van der Waals surface area contributed by atoms with Crippen LogP contribution >= 0.6 is 11.6 Å². The number of aromatic carboxylic acids is 1. The highest BCUT2D eigenvalue weighted by molar-refractivity contribution is 6.37. The van der Waals surface area contributed by atoms with Crippen molar-refractivity contribution < 1.29 is 9.90 Å². The fourth-order valence-corrected chi connectivity index (χ4v) is 2.91. The molecule has 0 saturated carbocycles. The number of carboxylic acids is 1. The molecule has 3 nitrogen and oxygen atoms in total. The minimum absolute atomic E-state index is 0.219. The number of fused-ring (bicyclic) bond motifs is 3. The van der Waals surface area contributed by atoms with Gasteiger partial charge < -0.3 is 9.67 Å². The monoisotopic (exact) mass is 273 g/mol. The number of aryl methyl sites for hydroxylation is 1. The first-order valence-corrected chi connectivity index (χ1v) is 6.45. The highest BCUT2D eigenvalue weighted by Gasteiger charge is 2.15. The van der Waals surface area contributed by atoms with Crippen LogP contribution in [0, 0.1) is 0 Å². The number of hydrogen-bond acceptors (Lipinski definition) is 1. The quantitative estimate of drug-likeness (QED) is 0.761. The number of aromatic nitrogens is 1. The van der Waals surface area contributed by atoms with Gasteiger partial charge in [-0.25, -0.2) is 4.79 Å². The molecule has 1 heterocycles. The topological polar surface area (TPSA) is 42.2 Å². The summed E-state index contributed by atoms with van der Waals surface area (Å²) in [5.74, 6) is -0.961. The molecule has 0 unspecified atom stereocenters. The number of nitrogens with zero attached hydrogens (tertiary/aromatic N) is 1. The number of carbonyl (C=O) groups is 1. The van der Waals surface area contributed by atoms with E-state index in [0.29, 0.717) is 5.02 Å². The number of benzene rings is 2. The zero-order valence-electron chi connectivity index (χ0n) is 10.4. The molecule has 19 heavy (non-hydrogen) atoms. The van der Waals surface area contributed by atoms with Crippen LogP contribution in [0.25, 0.3) is 21.8 Å². The first kappa shape index (κ1) is 12.1. The molecule has 0 aliphatic heterocycles. The van der Waals surface area contributed by atoms with E-state index in [1.165, 1.54) is 6.07 Å². The van der Waals surface area contributed by atoms with Crippen molar-refractivity contribution in [1.82, 2.24) is 4.57 Å². The molecule has 4 heteroatoms. The van der Waals surface area contributed by atoms with Crippen molar-refractivity contribution in [3.05, 3.63) is 47.0 Å². The molecule has 0 amide bonds. The second kappa shape index (κ2) is 4.28. The minimum Gasteiger partial charge on any atom is -0.478 e. The predicted octanol–water partition coefficient (Wildman–Crippen LogP) is 4.17. The van der Waals surface area contributed by atoms with Crippen molar-refractivity contribution >= 4 is 39.4 Å². The summed E-state index contributed by atoms with van der Waals surface area (Å²) in [5, 5.41) is 11.5. The van der Waals surface area contributed by atoms with Crippen molar-refractivity contribution in [1.29, 1.82) is 0 Å². The molecule has 1 aromatic heterocycles. The Balaban J connectivity index is 2.55. The highest BCUT2D eigenvalue weighted by Crippen LogP contribution is 2.34. The molecule has 0 spiro atoms. The second-order valence-electron chi connectivity index (χ2n) is 4.42. The highest BCUT2D eigenvalue weighted by atomic mass is 35.5. The van der Waals surface area contributed by atoms with Gasteiger partial charge in [-0.1, -0.05) is 29.8 Å². The third kappa shape index (κ3) is 1.70. The van der Waals surface area contributed by atoms with Crippen molar-refractivity contribution in [2.45, 2.75) is 13.5 Å². The van der Waals surface area contributed by atoms with Crippen LogP contribution in [-0.4, -0.2) is 15.6 Å². The maximum Gasteiger partial charge on any atom is 0.335 e. The van der Waals surface area contributed by atoms with Gasteiger partial charge in [0.15, 0.2) is 0 Å². The fourth-order valence-electron chi connectivity index (χ4n) is 2.59. The van der Waals surface area contributed by atoms with Crippen LogP contribution in [0.2, 0.25) is 5.02 Å². The molecule has 1 N–H and O–H groups in total. The Hall–Kier alpha value is -2.00. The summed E-state index contributed by atoms with van der Waals surface area (Å²) in [4.78, 5) is 11.1. The van der Waals surface area contributed by atoms with Gasteiger partial charge in [-0.2, -0.15) is 0 Å². The number of hydrogen-bond donors (Lipinski definition) is 1. The number of rotatable bonds is 2. The molecular formula is C15H12ClNO2. The van der Waals surface area contributed by atoms with Crippen molar-refractivity contribution in [2.24, 2.45) is 0 Å². The Kier molecular flexibility index (Phi) is 2.72. The van der Waals surface area contributed by atoms with Crippen LogP contribution < -0.4 is 0 Å². The van der Waals surface area contributed by atoms with E-state index in [1.54, 1.807) is 6.07 Å². The van der Waals surface area contributed by atoms with Gasteiger partial charge in [0.05, 0.1) is 16.1 Å². The van der Waals surface area contributed by atoms with E-state index in [1.807, 2.05) is 31.2 Å². The second-order valence-corrected chi connectivity index (χ2v) is 4.83. The van der Waals surface area contributed by atoms with Crippen LogP contribution in [0.3, 0.4) is 0 Å². The van der Waals surface area contributed by atoms with E-state index in [4.69, 9.17) is 16.7 Å². The molecule has 3 aromatic rings. The number of halogens is 1. The van der Waals surface area contributed by atoms with Gasteiger partial charge in [0, 0.05) is 22.8 Å². The maximum atomic E-state index is 11.1. The zero-order chi connectivity index (χ0) is 13.6. The van der Waals surface area contributed by atoms with E-state index in [9.17, 15) is 4.79 Å². The molecule has 0 atom stereocenters. The Morgan fingerprint density at radius 2 is 2.00 bits per heavy atom. The van der Waals surface area contributed by atoms with Gasteiger partial charge in [0.2, 0.25) is 0 Å². The fraction of sp³-hybridized carbons (Fsp3) is 0.133. The Morgan fingerprint density at radius 3 is 2.68 bits per heavy atom. The summed E-state index contributed by atoms with van der Waals surface area (Å²) in [5.41, 5.74) is 2.19. The van der Waals surface area contributed by atoms with E-state index in [0.717, 1.165) is 28.4 Å². The first-order chi connectivity index (χ1) is 9.13. The summed E-state index contributed by atoms with van der Waals surface area (Å²) < 4.78 is 2.11. The lowest BCUT2D eigenvalue weighted by Gasteiger charge is -2.05. The summed E-state index contributed by atoms with van der Waals surface area (Å²) in [6.45, 7) is 2.84. The van der Waals surface area contributed by atoms with Gasteiger partial charge >= 0.3 is 5.97 Å².